The highest BCUT2D eigenvalue weighted by atomic mass is 32.1. The zero-order valence-electron chi connectivity index (χ0n) is 18.8. The van der Waals surface area contributed by atoms with E-state index in [0.29, 0.717) is 16.3 Å². The fourth-order valence-corrected chi connectivity index (χ4v) is 3.60. The maximum Gasteiger partial charge on any atom is 0.412 e. The first-order valence-corrected chi connectivity index (χ1v) is 11.1. The Morgan fingerprint density at radius 2 is 1.91 bits per heavy atom. The highest BCUT2D eigenvalue weighted by Crippen LogP contribution is 2.36. The summed E-state index contributed by atoms with van der Waals surface area (Å²) < 4.78 is 30.7. The molecule has 9 heteroatoms. The van der Waals surface area contributed by atoms with E-state index < -0.39 is 17.5 Å². The predicted octanol–water partition coefficient (Wildman–Crippen LogP) is 5.78. The number of carbonyl (C=O) groups is 2. The maximum atomic E-state index is 14.4. The second kappa shape index (κ2) is 10.4. The van der Waals surface area contributed by atoms with Gasteiger partial charge in [-0.25, -0.2) is 14.2 Å². The average Bonchev–Trinajstić information content (AvgIpc) is 3.22. The maximum absolute atomic E-state index is 14.4. The lowest BCUT2D eigenvalue weighted by Crippen LogP contribution is -2.27. The molecule has 1 aromatic heterocycles. The number of thiazole rings is 1. The van der Waals surface area contributed by atoms with Crippen molar-refractivity contribution in [2.75, 3.05) is 12.4 Å². The van der Waals surface area contributed by atoms with Crippen LogP contribution in [-0.4, -0.2) is 29.6 Å². The second-order valence-electron chi connectivity index (χ2n) is 8.14. The number of rotatable bonds is 8. The number of ketones is 1. The Labute approximate surface area is 195 Å². The smallest absolute Gasteiger partial charge is 0.412 e. The van der Waals surface area contributed by atoms with Gasteiger partial charge in [-0.3, -0.25) is 10.1 Å². The summed E-state index contributed by atoms with van der Waals surface area (Å²) in [6, 6.07) is 9.08. The van der Waals surface area contributed by atoms with Gasteiger partial charge in [0.05, 0.1) is 18.5 Å². The van der Waals surface area contributed by atoms with Crippen molar-refractivity contribution in [1.29, 1.82) is 0 Å². The van der Waals surface area contributed by atoms with Gasteiger partial charge >= 0.3 is 6.09 Å². The van der Waals surface area contributed by atoms with E-state index in [9.17, 15) is 14.0 Å². The molecule has 3 rings (SSSR count). The number of nitrogens with zero attached hydrogens (tertiary/aromatic N) is 1. The van der Waals surface area contributed by atoms with Gasteiger partial charge in [-0.1, -0.05) is 6.07 Å². The van der Waals surface area contributed by atoms with Gasteiger partial charge in [0.2, 0.25) is 5.75 Å². The number of amides is 1. The molecule has 0 aliphatic carbocycles. The Balaban J connectivity index is 1.89. The molecule has 3 aromatic rings. The van der Waals surface area contributed by atoms with Crippen LogP contribution in [0.25, 0.3) is 0 Å². The van der Waals surface area contributed by atoms with E-state index in [1.807, 2.05) is 0 Å². The van der Waals surface area contributed by atoms with E-state index in [-0.39, 0.29) is 35.9 Å². The van der Waals surface area contributed by atoms with Crippen molar-refractivity contribution >= 4 is 28.9 Å². The largest absolute Gasteiger partial charge is 0.493 e. The summed E-state index contributed by atoms with van der Waals surface area (Å²) in [6.07, 6.45) is 1.16. The second-order valence-corrected chi connectivity index (χ2v) is 9.12. The third kappa shape index (κ3) is 7.01. The summed E-state index contributed by atoms with van der Waals surface area (Å²) >= 11 is 1.39. The van der Waals surface area contributed by atoms with Crippen LogP contribution >= 0.6 is 11.3 Å². The van der Waals surface area contributed by atoms with Gasteiger partial charge in [0.1, 0.15) is 17.1 Å². The number of aromatic nitrogens is 1. The van der Waals surface area contributed by atoms with E-state index in [1.54, 1.807) is 56.6 Å². The molecule has 174 valence electrons. The number of benzene rings is 2. The molecule has 1 N–H and O–H groups in total. The fraction of sp³-hybridized carbons (Fsp3) is 0.292. The Hall–Kier alpha value is -3.46. The van der Waals surface area contributed by atoms with Gasteiger partial charge in [0, 0.05) is 29.2 Å². The summed E-state index contributed by atoms with van der Waals surface area (Å²) in [7, 11) is 1.41. The molecule has 33 heavy (non-hydrogen) atoms. The van der Waals surface area contributed by atoms with Crippen molar-refractivity contribution < 1.29 is 28.2 Å². The van der Waals surface area contributed by atoms with E-state index in [1.165, 1.54) is 30.6 Å². The number of methoxy groups -OCH3 is 1. The molecular formula is C24H25FN2O5S. The molecule has 0 saturated carbocycles. The van der Waals surface area contributed by atoms with Crippen LogP contribution in [0.4, 0.5) is 14.9 Å². The summed E-state index contributed by atoms with van der Waals surface area (Å²) in [6.45, 7) is 5.27. The zero-order chi connectivity index (χ0) is 24.0. The number of hydrogen-bond acceptors (Lipinski definition) is 7. The molecule has 1 heterocycles. The molecule has 0 saturated heterocycles. The molecule has 0 aliphatic rings. The Morgan fingerprint density at radius 1 is 1.12 bits per heavy atom. The first-order valence-electron chi connectivity index (χ1n) is 10.2. The van der Waals surface area contributed by atoms with Crippen molar-refractivity contribution in [3.8, 4) is 17.2 Å². The SMILES string of the molecule is COc1cccc(F)c1Oc1ccc(NC(=O)OC(C)(C)C)cc1CC(=O)Cc1nccs1. The van der Waals surface area contributed by atoms with Gasteiger partial charge in [0.15, 0.2) is 11.6 Å². The Kier molecular flexibility index (Phi) is 7.65. The molecule has 0 unspecified atom stereocenters. The van der Waals surface area contributed by atoms with E-state index in [0.717, 1.165) is 0 Å². The molecule has 0 bridgehead atoms. The van der Waals surface area contributed by atoms with Gasteiger partial charge in [-0.15, -0.1) is 11.3 Å². The quantitative estimate of drug-likeness (QED) is 0.447. The van der Waals surface area contributed by atoms with Crippen LogP contribution in [0.3, 0.4) is 0 Å². The molecule has 2 aromatic carbocycles. The minimum Gasteiger partial charge on any atom is -0.493 e. The number of anilines is 1. The molecule has 1 amide bonds. The van der Waals surface area contributed by atoms with Crippen LogP contribution < -0.4 is 14.8 Å². The van der Waals surface area contributed by atoms with Crippen LogP contribution in [0, 0.1) is 5.82 Å². The number of para-hydroxylation sites is 1. The number of Topliss-reactive ketones (excluding diaryl/α,β-unsaturated/α-hetero) is 1. The van der Waals surface area contributed by atoms with Gasteiger partial charge in [0.25, 0.3) is 0 Å². The first kappa shape index (κ1) is 24.2. The number of nitrogens with one attached hydrogen (secondary N) is 1. The third-order valence-electron chi connectivity index (χ3n) is 4.29. The van der Waals surface area contributed by atoms with Crippen LogP contribution in [0.5, 0.6) is 17.2 Å². The lowest BCUT2D eigenvalue weighted by Gasteiger charge is -2.20. The summed E-state index contributed by atoms with van der Waals surface area (Å²) in [5.74, 6) is -0.330. The summed E-state index contributed by atoms with van der Waals surface area (Å²) in [4.78, 5) is 29.0. The van der Waals surface area contributed by atoms with Crippen LogP contribution in [0.1, 0.15) is 31.3 Å². The molecule has 0 radical (unpaired) electrons. The number of halogens is 1. The van der Waals surface area contributed by atoms with Crippen molar-refractivity contribution in [3.05, 3.63) is 64.4 Å². The number of carbonyl (C=O) groups excluding carboxylic acids is 2. The number of hydrogen-bond donors (Lipinski definition) is 1. The zero-order valence-corrected chi connectivity index (χ0v) is 19.6. The molecule has 0 fully saturated rings. The van der Waals surface area contributed by atoms with E-state index in [4.69, 9.17) is 14.2 Å². The van der Waals surface area contributed by atoms with Gasteiger partial charge in [-0.05, 0) is 51.1 Å². The molecule has 0 spiro atoms. The first-order chi connectivity index (χ1) is 15.6. The monoisotopic (exact) mass is 472 g/mol. The predicted molar refractivity (Wildman–Crippen MR) is 124 cm³/mol. The topological polar surface area (TPSA) is 86.8 Å². The Morgan fingerprint density at radius 3 is 2.58 bits per heavy atom. The average molecular weight is 473 g/mol. The lowest BCUT2D eigenvalue weighted by atomic mass is 10.0. The van der Waals surface area contributed by atoms with Crippen molar-refractivity contribution in [1.82, 2.24) is 4.98 Å². The lowest BCUT2D eigenvalue weighted by molar-refractivity contribution is -0.117. The van der Waals surface area contributed by atoms with Gasteiger partial charge < -0.3 is 14.2 Å². The Bertz CT molecular complexity index is 1130. The third-order valence-corrected chi connectivity index (χ3v) is 5.07. The minimum atomic E-state index is -0.666. The fourth-order valence-electron chi connectivity index (χ4n) is 2.96. The van der Waals surface area contributed by atoms with Crippen LogP contribution in [0.2, 0.25) is 0 Å². The molecule has 0 atom stereocenters. The van der Waals surface area contributed by atoms with Crippen molar-refractivity contribution in [3.63, 3.8) is 0 Å². The normalized spacial score (nSPS) is 11.1. The van der Waals surface area contributed by atoms with E-state index >= 15 is 0 Å². The summed E-state index contributed by atoms with van der Waals surface area (Å²) in [5, 5.41) is 5.14. The highest BCUT2D eigenvalue weighted by Gasteiger charge is 2.19. The standard InChI is InChI=1S/C24H25FN2O5S/c1-24(2,3)32-23(29)27-16-8-9-19(31-22-18(25)6-5-7-20(22)30-4)15(12-16)13-17(28)14-21-26-10-11-33-21/h5-12H,13-14H2,1-4H3,(H,27,29). The van der Waals surface area contributed by atoms with Crippen LogP contribution in [-0.2, 0) is 22.4 Å². The molecule has 0 aliphatic heterocycles. The van der Waals surface area contributed by atoms with Crippen molar-refractivity contribution in [2.24, 2.45) is 0 Å². The van der Waals surface area contributed by atoms with E-state index in [2.05, 4.69) is 10.3 Å². The minimum absolute atomic E-state index is 0.00444. The van der Waals surface area contributed by atoms with Crippen molar-refractivity contribution in [2.45, 2.75) is 39.2 Å². The van der Waals surface area contributed by atoms with Crippen LogP contribution in [0.15, 0.2) is 48.0 Å². The highest BCUT2D eigenvalue weighted by molar-refractivity contribution is 7.09. The van der Waals surface area contributed by atoms with Gasteiger partial charge in [-0.2, -0.15) is 0 Å². The number of ether oxygens (including phenoxy) is 3. The molecular weight excluding hydrogens is 447 g/mol. The molecule has 7 nitrogen and oxygen atoms in total. The summed E-state index contributed by atoms with van der Waals surface area (Å²) in [5.41, 5.74) is 0.214.